The van der Waals surface area contributed by atoms with Gasteiger partial charge in [0.05, 0.1) is 35.8 Å². The molecule has 0 saturated heterocycles. The van der Waals surface area contributed by atoms with Crippen LogP contribution in [0.4, 0.5) is 0 Å². The zero-order valence-electron chi connectivity index (χ0n) is 17.6. The summed E-state index contributed by atoms with van der Waals surface area (Å²) in [4.78, 5) is 12.1. The number of nitrogens with one attached hydrogen (secondary N) is 2. The standard InChI is InChI=1S/C23H23N5O4S/c29-23(26-30)14-21(13-17-10-11-18-6-4-5-7-19(18)12-17)28-16-20(25-27-28)15-24-33(31,32)22-8-2-1-3-9-22/h1-12,16,21,24,30H,13-15H2,(H,26,29). The van der Waals surface area contributed by atoms with Crippen LogP contribution in [0.2, 0.25) is 0 Å². The molecule has 3 N–H and O–H groups in total. The van der Waals surface area contributed by atoms with Crippen molar-refractivity contribution in [2.45, 2.75) is 30.3 Å². The molecule has 170 valence electrons. The number of nitrogens with zero attached hydrogens (tertiary/aromatic N) is 3. The van der Waals surface area contributed by atoms with Crippen LogP contribution in [0.25, 0.3) is 10.8 Å². The number of carbonyl (C=O) groups is 1. The first-order chi connectivity index (χ1) is 15.9. The minimum absolute atomic E-state index is 0.0259. The molecule has 0 saturated carbocycles. The van der Waals surface area contributed by atoms with Crippen molar-refractivity contribution in [2.75, 3.05) is 0 Å². The van der Waals surface area contributed by atoms with Crippen molar-refractivity contribution in [3.63, 3.8) is 0 Å². The molecule has 0 bridgehead atoms. The van der Waals surface area contributed by atoms with Crippen LogP contribution in [-0.2, 0) is 27.8 Å². The highest BCUT2D eigenvalue weighted by Crippen LogP contribution is 2.22. The van der Waals surface area contributed by atoms with Crippen molar-refractivity contribution in [2.24, 2.45) is 0 Å². The average Bonchev–Trinajstić information content (AvgIpc) is 3.32. The molecule has 0 fully saturated rings. The molecule has 10 heteroatoms. The van der Waals surface area contributed by atoms with Gasteiger partial charge < -0.3 is 0 Å². The molecular formula is C23H23N5O4S. The smallest absolute Gasteiger partial charge is 0.245 e. The number of hydroxylamine groups is 1. The molecule has 3 aromatic carbocycles. The molecule has 1 aromatic heterocycles. The Balaban J connectivity index is 1.51. The summed E-state index contributed by atoms with van der Waals surface area (Å²) in [6.45, 7) is -0.0495. The van der Waals surface area contributed by atoms with Crippen molar-refractivity contribution in [1.29, 1.82) is 0 Å². The summed E-state index contributed by atoms with van der Waals surface area (Å²) in [7, 11) is -3.69. The fourth-order valence-electron chi connectivity index (χ4n) is 3.58. The Bertz CT molecular complexity index is 1360. The zero-order chi connectivity index (χ0) is 23.3. The van der Waals surface area contributed by atoms with Crippen molar-refractivity contribution in [3.05, 3.63) is 90.3 Å². The highest BCUT2D eigenvalue weighted by Gasteiger charge is 2.20. The highest BCUT2D eigenvalue weighted by atomic mass is 32.2. The summed E-state index contributed by atoms with van der Waals surface area (Å²) in [5.74, 6) is -0.553. The Hall–Kier alpha value is -3.60. The summed E-state index contributed by atoms with van der Waals surface area (Å²) in [5, 5.41) is 19.3. The minimum Gasteiger partial charge on any atom is -0.289 e. The minimum atomic E-state index is -3.69. The Labute approximate surface area is 191 Å². The van der Waals surface area contributed by atoms with E-state index in [0.717, 1.165) is 16.3 Å². The second-order valence-electron chi connectivity index (χ2n) is 7.61. The number of sulfonamides is 1. The molecule has 0 spiro atoms. The van der Waals surface area contributed by atoms with E-state index in [0.29, 0.717) is 12.1 Å². The first-order valence-electron chi connectivity index (χ1n) is 10.3. The fourth-order valence-corrected chi connectivity index (χ4v) is 4.60. The van der Waals surface area contributed by atoms with Crippen LogP contribution >= 0.6 is 0 Å². The maximum Gasteiger partial charge on any atom is 0.245 e. The molecule has 1 amide bonds. The van der Waals surface area contributed by atoms with E-state index >= 15 is 0 Å². The Kier molecular flexibility index (Phi) is 6.78. The lowest BCUT2D eigenvalue weighted by molar-refractivity contribution is -0.130. The Morgan fingerprint density at radius 3 is 2.48 bits per heavy atom. The Morgan fingerprint density at radius 1 is 1.00 bits per heavy atom. The van der Waals surface area contributed by atoms with E-state index in [-0.39, 0.29) is 17.9 Å². The molecule has 1 heterocycles. The molecule has 0 aliphatic rings. The van der Waals surface area contributed by atoms with Crippen LogP contribution in [0.5, 0.6) is 0 Å². The fraction of sp³-hybridized carbons (Fsp3) is 0.174. The van der Waals surface area contributed by atoms with Gasteiger partial charge >= 0.3 is 0 Å². The van der Waals surface area contributed by atoms with Gasteiger partial charge in [0.1, 0.15) is 0 Å². The predicted octanol–water partition coefficient (Wildman–Crippen LogP) is 2.59. The van der Waals surface area contributed by atoms with Crippen LogP contribution in [-0.4, -0.2) is 34.5 Å². The van der Waals surface area contributed by atoms with Gasteiger partial charge in [0.25, 0.3) is 0 Å². The van der Waals surface area contributed by atoms with E-state index in [4.69, 9.17) is 5.21 Å². The van der Waals surface area contributed by atoms with Gasteiger partial charge in [-0.25, -0.2) is 23.3 Å². The molecule has 0 aliphatic carbocycles. The first kappa shape index (κ1) is 22.6. The van der Waals surface area contributed by atoms with Gasteiger partial charge in [-0.2, -0.15) is 0 Å². The number of aromatic nitrogens is 3. The average molecular weight is 466 g/mol. The SMILES string of the molecule is O=C(CC(Cc1ccc2ccccc2c1)n1cc(CNS(=O)(=O)c2ccccc2)nn1)NO. The van der Waals surface area contributed by atoms with E-state index < -0.39 is 22.0 Å². The van der Waals surface area contributed by atoms with Gasteiger partial charge in [-0.05, 0) is 34.9 Å². The van der Waals surface area contributed by atoms with Crippen molar-refractivity contribution in [3.8, 4) is 0 Å². The third kappa shape index (κ3) is 5.61. The van der Waals surface area contributed by atoms with Crippen LogP contribution < -0.4 is 10.2 Å². The van der Waals surface area contributed by atoms with Crippen molar-refractivity contribution < 1.29 is 18.4 Å². The number of benzene rings is 3. The number of carbonyl (C=O) groups excluding carboxylic acids is 1. The predicted molar refractivity (Wildman–Crippen MR) is 122 cm³/mol. The topological polar surface area (TPSA) is 126 Å². The molecule has 33 heavy (non-hydrogen) atoms. The third-order valence-corrected chi connectivity index (χ3v) is 6.68. The maximum atomic E-state index is 12.4. The number of hydrogen-bond acceptors (Lipinski definition) is 6. The molecule has 1 atom stereocenters. The summed E-state index contributed by atoms with van der Waals surface area (Å²) >= 11 is 0. The van der Waals surface area contributed by atoms with Gasteiger partial charge in [0.2, 0.25) is 15.9 Å². The molecule has 0 radical (unpaired) electrons. The molecule has 4 aromatic rings. The second kappa shape index (κ2) is 9.90. The number of hydrogen-bond donors (Lipinski definition) is 3. The second-order valence-corrected chi connectivity index (χ2v) is 9.37. The normalized spacial score (nSPS) is 12.5. The molecule has 1 unspecified atom stereocenters. The van der Waals surface area contributed by atoms with Crippen molar-refractivity contribution >= 4 is 26.7 Å². The van der Waals surface area contributed by atoms with Gasteiger partial charge in [-0.15, -0.1) is 5.10 Å². The number of fused-ring (bicyclic) bond motifs is 1. The number of rotatable bonds is 9. The lowest BCUT2D eigenvalue weighted by Gasteiger charge is -2.16. The number of amides is 1. The lowest BCUT2D eigenvalue weighted by Crippen LogP contribution is -2.25. The summed E-state index contributed by atoms with van der Waals surface area (Å²) in [6.07, 6.45) is 2.04. The lowest BCUT2D eigenvalue weighted by atomic mass is 10.00. The van der Waals surface area contributed by atoms with Gasteiger partial charge in [-0.3, -0.25) is 10.0 Å². The first-order valence-corrected chi connectivity index (χ1v) is 11.8. The quantitative estimate of drug-likeness (QED) is 0.258. The summed E-state index contributed by atoms with van der Waals surface area (Å²) in [6, 6.07) is 21.6. The van der Waals surface area contributed by atoms with Crippen LogP contribution in [0, 0.1) is 0 Å². The monoisotopic (exact) mass is 465 g/mol. The van der Waals surface area contributed by atoms with Gasteiger partial charge in [-0.1, -0.05) is 65.9 Å². The molecular weight excluding hydrogens is 442 g/mol. The van der Waals surface area contributed by atoms with E-state index in [9.17, 15) is 13.2 Å². The van der Waals surface area contributed by atoms with E-state index in [2.05, 4.69) is 15.0 Å². The van der Waals surface area contributed by atoms with Crippen LogP contribution in [0.1, 0.15) is 23.7 Å². The molecule has 0 aliphatic heterocycles. The van der Waals surface area contributed by atoms with E-state index in [1.165, 1.54) is 16.8 Å². The molecule has 4 rings (SSSR count). The highest BCUT2D eigenvalue weighted by molar-refractivity contribution is 7.89. The van der Waals surface area contributed by atoms with Crippen molar-refractivity contribution in [1.82, 2.24) is 25.2 Å². The third-order valence-electron chi connectivity index (χ3n) is 5.26. The van der Waals surface area contributed by atoms with Crippen LogP contribution in [0.15, 0.2) is 83.9 Å². The largest absolute Gasteiger partial charge is 0.289 e. The maximum absolute atomic E-state index is 12.4. The summed E-state index contributed by atoms with van der Waals surface area (Å²) in [5.41, 5.74) is 3.06. The zero-order valence-corrected chi connectivity index (χ0v) is 18.4. The Morgan fingerprint density at radius 2 is 1.73 bits per heavy atom. The summed E-state index contributed by atoms with van der Waals surface area (Å²) < 4.78 is 28.9. The van der Waals surface area contributed by atoms with E-state index in [1.807, 2.05) is 42.5 Å². The van der Waals surface area contributed by atoms with Crippen LogP contribution in [0.3, 0.4) is 0 Å². The van der Waals surface area contributed by atoms with E-state index in [1.54, 1.807) is 29.9 Å². The molecule has 9 nitrogen and oxygen atoms in total. The van der Waals surface area contributed by atoms with Gasteiger partial charge in [0.15, 0.2) is 0 Å². The van der Waals surface area contributed by atoms with Gasteiger partial charge in [0, 0.05) is 0 Å².